The summed E-state index contributed by atoms with van der Waals surface area (Å²) >= 11 is 0. The van der Waals surface area contributed by atoms with Crippen molar-refractivity contribution in [3.05, 3.63) is 46.8 Å². The Kier molecular flexibility index (Phi) is 3.90. The van der Waals surface area contributed by atoms with Gasteiger partial charge in [-0.3, -0.25) is 4.68 Å². The molecule has 0 saturated heterocycles. The Morgan fingerprint density at radius 1 is 1.26 bits per heavy atom. The second-order valence-electron chi connectivity index (χ2n) is 4.96. The molecule has 0 aliphatic rings. The Labute approximate surface area is 114 Å². The number of ether oxygens (including phenoxy) is 1. The molecule has 1 aromatic carbocycles. The summed E-state index contributed by atoms with van der Waals surface area (Å²) in [6.07, 6.45) is 0. The van der Waals surface area contributed by atoms with Crippen molar-refractivity contribution in [2.24, 2.45) is 5.73 Å². The second-order valence-corrected chi connectivity index (χ2v) is 4.96. The van der Waals surface area contributed by atoms with Crippen LogP contribution in [0.5, 0.6) is 5.75 Å². The number of methoxy groups -OCH3 is 1. The van der Waals surface area contributed by atoms with E-state index in [0.29, 0.717) is 6.54 Å². The molecule has 0 spiro atoms. The highest BCUT2D eigenvalue weighted by molar-refractivity contribution is 5.39. The van der Waals surface area contributed by atoms with Crippen molar-refractivity contribution in [3.8, 4) is 5.75 Å². The maximum Gasteiger partial charge on any atom is 0.123 e. The summed E-state index contributed by atoms with van der Waals surface area (Å²) in [5.74, 6) is 0.833. The van der Waals surface area contributed by atoms with Gasteiger partial charge in [0.15, 0.2) is 0 Å². The normalized spacial score (nSPS) is 12.5. The number of rotatable bonds is 4. The van der Waals surface area contributed by atoms with Crippen LogP contribution in [0.25, 0.3) is 0 Å². The predicted molar refractivity (Wildman–Crippen MR) is 76.4 cm³/mol. The van der Waals surface area contributed by atoms with Crippen LogP contribution in [-0.4, -0.2) is 16.9 Å². The van der Waals surface area contributed by atoms with Crippen molar-refractivity contribution < 1.29 is 4.74 Å². The molecule has 1 atom stereocenters. The fraction of sp³-hybridized carbons (Fsp3) is 0.400. The van der Waals surface area contributed by atoms with E-state index in [0.717, 1.165) is 22.7 Å². The predicted octanol–water partition coefficient (Wildman–Crippen LogP) is 2.52. The summed E-state index contributed by atoms with van der Waals surface area (Å²) in [5, 5.41) is 4.45. The third kappa shape index (κ3) is 2.96. The smallest absolute Gasteiger partial charge is 0.123 e. The zero-order valence-electron chi connectivity index (χ0n) is 12.0. The minimum Gasteiger partial charge on any atom is -0.496 e. The Hall–Kier alpha value is -1.81. The number of nitrogens with two attached hydrogens (primary N) is 1. The monoisotopic (exact) mass is 259 g/mol. The van der Waals surface area contributed by atoms with E-state index < -0.39 is 0 Å². The van der Waals surface area contributed by atoms with Gasteiger partial charge in [0.2, 0.25) is 0 Å². The molecule has 19 heavy (non-hydrogen) atoms. The first-order valence-electron chi connectivity index (χ1n) is 6.42. The SMILES string of the molecule is COc1ccc(C)cc1C(N)Cn1nc(C)cc1C. The third-order valence-electron chi connectivity index (χ3n) is 3.26. The van der Waals surface area contributed by atoms with Crippen molar-refractivity contribution in [2.45, 2.75) is 33.4 Å². The first-order valence-corrected chi connectivity index (χ1v) is 6.42. The van der Waals surface area contributed by atoms with Crippen molar-refractivity contribution in [1.29, 1.82) is 0 Å². The number of nitrogens with zero attached hydrogens (tertiary/aromatic N) is 2. The molecule has 4 heteroatoms. The Morgan fingerprint density at radius 3 is 2.58 bits per heavy atom. The summed E-state index contributed by atoms with van der Waals surface area (Å²) in [6, 6.07) is 7.99. The standard InChI is InChI=1S/C15H21N3O/c1-10-5-6-15(19-4)13(7-10)14(16)9-18-12(3)8-11(2)17-18/h5-8,14H,9,16H2,1-4H3. The summed E-state index contributed by atoms with van der Waals surface area (Å²) in [6.45, 7) is 6.74. The molecule has 0 bridgehead atoms. The van der Waals surface area contributed by atoms with E-state index in [1.807, 2.05) is 30.7 Å². The van der Waals surface area contributed by atoms with Crippen LogP contribution in [0.15, 0.2) is 24.3 Å². The number of aromatic nitrogens is 2. The highest BCUT2D eigenvalue weighted by Gasteiger charge is 2.14. The number of benzene rings is 1. The van der Waals surface area contributed by atoms with Gasteiger partial charge >= 0.3 is 0 Å². The Balaban J connectivity index is 2.26. The van der Waals surface area contributed by atoms with Crippen LogP contribution in [0, 0.1) is 20.8 Å². The van der Waals surface area contributed by atoms with Crippen molar-refractivity contribution in [2.75, 3.05) is 7.11 Å². The van der Waals surface area contributed by atoms with Gasteiger partial charge in [-0.2, -0.15) is 5.10 Å². The lowest BCUT2D eigenvalue weighted by Gasteiger charge is -2.17. The van der Waals surface area contributed by atoms with Gasteiger partial charge in [0.05, 0.1) is 25.4 Å². The zero-order chi connectivity index (χ0) is 14.0. The topological polar surface area (TPSA) is 53.1 Å². The molecular weight excluding hydrogens is 238 g/mol. The van der Waals surface area contributed by atoms with E-state index in [9.17, 15) is 0 Å². The molecule has 1 heterocycles. The molecule has 2 aromatic rings. The summed E-state index contributed by atoms with van der Waals surface area (Å²) < 4.78 is 7.33. The van der Waals surface area contributed by atoms with Gasteiger partial charge in [0.25, 0.3) is 0 Å². The van der Waals surface area contributed by atoms with E-state index in [1.54, 1.807) is 7.11 Å². The molecule has 2 rings (SSSR count). The van der Waals surface area contributed by atoms with Crippen LogP contribution < -0.4 is 10.5 Å². The van der Waals surface area contributed by atoms with Crippen LogP contribution in [0.4, 0.5) is 0 Å². The fourth-order valence-electron chi connectivity index (χ4n) is 2.29. The molecule has 102 valence electrons. The minimum absolute atomic E-state index is 0.132. The molecule has 0 saturated carbocycles. The first-order chi connectivity index (χ1) is 9.01. The van der Waals surface area contributed by atoms with Crippen molar-refractivity contribution in [1.82, 2.24) is 9.78 Å². The molecule has 0 aliphatic carbocycles. The number of hydrogen-bond acceptors (Lipinski definition) is 3. The zero-order valence-corrected chi connectivity index (χ0v) is 12.0. The van der Waals surface area contributed by atoms with Crippen LogP contribution in [0.3, 0.4) is 0 Å². The Bertz CT molecular complexity index is 575. The van der Waals surface area contributed by atoms with Gasteiger partial charge in [0.1, 0.15) is 5.75 Å². The molecule has 1 aromatic heterocycles. The van der Waals surface area contributed by atoms with Gasteiger partial charge in [-0.1, -0.05) is 17.7 Å². The maximum atomic E-state index is 6.31. The van der Waals surface area contributed by atoms with Gasteiger partial charge in [0, 0.05) is 11.3 Å². The van der Waals surface area contributed by atoms with E-state index in [1.165, 1.54) is 5.56 Å². The van der Waals surface area contributed by atoms with Gasteiger partial charge in [-0.05, 0) is 32.9 Å². The lowest BCUT2D eigenvalue weighted by atomic mass is 10.0. The molecule has 2 N–H and O–H groups in total. The summed E-state index contributed by atoms with van der Waals surface area (Å²) in [4.78, 5) is 0. The molecule has 1 unspecified atom stereocenters. The van der Waals surface area contributed by atoms with Crippen LogP contribution in [-0.2, 0) is 6.54 Å². The van der Waals surface area contributed by atoms with E-state index in [2.05, 4.69) is 24.2 Å². The van der Waals surface area contributed by atoms with Crippen LogP contribution in [0.1, 0.15) is 28.6 Å². The van der Waals surface area contributed by atoms with E-state index in [4.69, 9.17) is 10.5 Å². The first kappa shape index (κ1) is 13.6. The molecule has 0 amide bonds. The average molecular weight is 259 g/mol. The lowest BCUT2D eigenvalue weighted by molar-refractivity contribution is 0.399. The highest BCUT2D eigenvalue weighted by Crippen LogP contribution is 2.26. The third-order valence-corrected chi connectivity index (χ3v) is 3.26. The molecule has 0 fully saturated rings. The van der Waals surface area contributed by atoms with Gasteiger partial charge in [-0.25, -0.2) is 0 Å². The summed E-state index contributed by atoms with van der Waals surface area (Å²) in [7, 11) is 1.67. The highest BCUT2D eigenvalue weighted by atomic mass is 16.5. The fourth-order valence-corrected chi connectivity index (χ4v) is 2.29. The van der Waals surface area contributed by atoms with Crippen molar-refractivity contribution >= 4 is 0 Å². The minimum atomic E-state index is -0.132. The number of aryl methyl sites for hydroxylation is 3. The molecular formula is C15H21N3O. The second kappa shape index (κ2) is 5.45. The largest absolute Gasteiger partial charge is 0.496 e. The van der Waals surface area contributed by atoms with Crippen LogP contribution in [0.2, 0.25) is 0 Å². The van der Waals surface area contributed by atoms with Crippen LogP contribution >= 0.6 is 0 Å². The molecule has 4 nitrogen and oxygen atoms in total. The van der Waals surface area contributed by atoms with Crippen molar-refractivity contribution in [3.63, 3.8) is 0 Å². The van der Waals surface area contributed by atoms with E-state index >= 15 is 0 Å². The van der Waals surface area contributed by atoms with Gasteiger partial charge in [-0.15, -0.1) is 0 Å². The lowest BCUT2D eigenvalue weighted by Crippen LogP contribution is -2.20. The average Bonchev–Trinajstić information content (AvgIpc) is 2.67. The molecule has 0 radical (unpaired) electrons. The molecule has 0 aliphatic heterocycles. The Morgan fingerprint density at radius 2 is 2.00 bits per heavy atom. The quantitative estimate of drug-likeness (QED) is 0.918. The van der Waals surface area contributed by atoms with Gasteiger partial charge < -0.3 is 10.5 Å². The van der Waals surface area contributed by atoms with E-state index in [-0.39, 0.29) is 6.04 Å². The number of hydrogen-bond donors (Lipinski definition) is 1. The summed E-state index contributed by atoms with van der Waals surface area (Å²) in [5.41, 5.74) is 10.7. The maximum absolute atomic E-state index is 6.31.